The summed E-state index contributed by atoms with van der Waals surface area (Å²) in [7, 11) is 0. The number of benzene rings is 1. The second-order valence-electron chi connectivity index (χ2n) is 4.97. The molecule has 4 heteroatoms. The van der Waals surface area contributed by atoms with Gasteiger partial charge in [-0.15, -0.1) is 11.3 Å². The van der Waals surface area contributed by atoms with Gasteiger partial charge >= 0.3 is 0 Å². The quantitative estimate of drug-likeness (QED) is 0.779. The molecule has 0 aliphatic rings. The number of rotatable bonds is 3. The lowest BCUT2D eigenvalue weighted by molar-refractivity contribution is 0.602. The third-order valence-corrected chi connectivity index (χ3v) is 4.17. The van der Waals surface area contributed by atoms with Gasteiger partial charge in [-0.05, 0) is 25.3 Å². The number of nitrogens with one attached hydrogen (secondary N) is 1. The van der Waals surface area contributed by atoms with Crippen molar-refractivity contribution >= 4 is 27.9 Å². The minimum Gasteiger partial charge on any atom is -0.358 e. The summed E-state index contributed by atoms with van der Waals surface area (Å²) in [6, 6.07) is 10.3. The van der Waals surface area contributed by atoms with Crippen LogP contribution in [0.15, 0.2) is 48.1 Å². The van der Waals surface area contributed by atoms with Crippen molar-refractivity contribution in [2.24, 2.45) is 0 Å². The number of hydrogen-bond acceptors (Lipinski definition) is 4. The van der Waals surface area contributed by atoms with E-state index in [1.54, 1.807) is 11.3 Å². The number of fused-ring (bicyclic) bond motifs is 1. The first-order chi connectivity index (χ1) is 9.17. The minimum atomic E-state index is -0.231. The lowest BCUT2D eigenvalue weighted by Gasteiger charge is -2.25. The number of hydrogen-bond donors (Lipinski definition) is 1. The highest BCUT2D eigenvalue weighted by Gasteiger charge is 2.24. The van der Waals surface area contributed by atoms with Crippen molar-refractivity contribution in [1.82, 2.24) is 9.97 Å². The van der Waals surface area contributed by atoms with Crippen LogP contribution in [0.3, 0.4) is 0 Å². The summed E-state index contributed by atoms with van der Waals surface area (Å²) >= 11 is 1.65. The van der Waals surface area contributed by atoms with Crippen molar-refractivity contribution < 1.29 is 0 Å². The fourth-order valence-electron chi connectivity index (χ4n) is 2.10. The van der Waals surface area contributed by atoms with E-state index in [1.165, 1.54) is 5.39 Å². The number of pyridine rings is 1. The molecule has 0 saturated carbocycles. The molecule has 1 N–H and O–H groups in total. The van der Waals surface area contributed by atoms with E-state index >= 15 is 0 Å². The Balaban J connectivity index is 2.02. The van der Waals surface area contributed by atoms with Crippen LogP contribution in [0, 0.1) is 0 Å². The number of thiazole rings is 1. The molecule has 96 valence electrons. The predicted octanol–water partition coefficient (Wildman–Crippen LogP) is 4.04. The molecule has 0 amide bonds. The van der Waals surface area contributed by atoms with E-state index in [1.807, 2.05) is 36.0 Å². The summed E-state index contributed by atoms with van der Waals surface area (Å²) in [6.45, 7) is 4.24. The van der Waals surface area contributed by atoms with Crippen molar-refractivity contribution in [3.63, 3.8) is 0 Å². The number of aromatic nitrogens is 2. The maximum atomic E-state index is 4.47. The summed E-state index contributed by atoms with van der Waals surface area (Å²) in [5, 5.41) is 8.88. The molecular formula is C15H15N3S. The van der Waals surface area contributed by atoms with Crippen LogP contribution in [0.2, 0.25) is 0 Å². The molecule has 0 fully saturated rings. The van der Waals surface area contributed by atoms with Crippen molar-refractivity contribution in [3.05, 3.63) is 53.1 Å². The molecule has 0 aliphatic carbocycles. The topological polar surface area (TPSA) is 37.8 Å². The van der Waals surface area contributed by atoms with Gasteiger partial charge in [0, 0.05) is 23.2 Å². The van der Waals surface area contributed by atoms with Gasteiger partial charge in [0.25, 0.3) is 0 Å². The van der Waals surface area contributed by atoms with Gasteiger partial charge in [-0.3, -0.25) is 0 Å². The Morgan fingerprint density at radius 1 is 1.05 bits per heavy atom. The largest absolute Gasteiger partial charge is 0.358 e. The van der Waals surface area contributed by atoms with Crippen LogP contribution >= 0.6 is 11.3 Å². The first-order valence-corrected chi connectivity index (χ1v) is 7.07. The summed E-state index contributed by atoms with van der Waals surface area (Å²) in [5.41, 5.74) is -0.231. The lowest BCUT2D eigenvalue weighted by atomic mass is 10.1. The highest BCUT2D eigenvalue weighted by Crippen LogP contribution is 2.29. The monoisotopic (exact) mass is 269 g/mol. The highest BCUT2D eigenvalue weighted by atomic mass is 32.1. The molecule has 2 heterocycles. The van der Waals surface area contributed by atoms with Gasteiger partial charge in [0.1, 0.15) is 10.8 Å². The Morgan fingerprint density at radius 3 is 2.68 bits per heavy atom. The van der Waals surface area contributed by atoms with Crippen LogP contribution in [-0.2, 0) is 5.54 Å². The third kappa shape index (κ3) is 2.31. The number of anilines is 1. The number of nitrogens with zero attached hydrogens (tertiary/aromatic N) is 2. The van der Waals surface area contributed by atoms with Crippen LogP contribution in [0.1, 0.15) is 18.9 Å². The average molecular weight is 269 g/mol. The van der Waals surface area contributed by atoms with E-state index in [2.05, 4.69) is 41.3 Å². The van der Waals surface area contributed by atoms with E-state index in [4.69, 9.17) is 0 Å². The van der Waals surface area contributed by atoms with Crippen molar-refractivity contribution in [2.45, 2.75) is 19.4 Å². The maximum Gasteiger partial charge on any atom is 0.134 e. The zero-order valence-corrected chi connectivity index (χ0v) is 11.7. The SMILES string of the molecule is CC(C)(Nc1nccc2ccccc12)c1nccs1. The van der Waals surface area contributed by atoms with Crippen LogP contribution in [-0.4, -0.2) is 9.97 Å². The standard InChI is InChI=1S/C15H15N3S/c1-15(2,14-17-9-10-19-14)18-13-12-6-4-3-5-11(12)7-8-16-13/h3-10H,1-2H3,(H,16,18). The molecule has 0 radical (unpaired) electrons. The lowest BCUT2D eigenvalue weighted by Crippen LogP contribution is -2.28. The van der Waals surface area contributed by atoms with E-state index in [-0.39, 0.29) is 5.54 Å². The zero-order chi connectivity index (χ0) is 13.3. The van der Waals surface area contributed by atoms with Crippen molar-refractivity contribution in [1.29, 1.82) is 0 Å². The molecule has 0 saturated heterocycles. The first-order valence-electron chi connectivity index (χ1n) is 6.19. The second kappa shape index (κ2) is 4.63. The van der Waals surface area contributed by atoms with E-state index in [0.29, 0.717) is 0 Å². The normalized spacial score (nSPS) is 11.7. The van der Waals surface area contributed by atoms with Gasteiger partial charge in [-0.2, -0.15) is 0 Å². The van der Waals surface area contributed by atoms with Crippen LogP contribution in [0.4, 0.5) is 5.82 Å². The molecular weight excluding hydrogens is 254 g/mol. The highest BCUT2D eigenvalue weighted by molar-refractivity contribution is 7.09. The fraction of sp³-hybridized carbons (Fsp3) is 0.200. The fourth-order valence-corrected chi connectivity index (χ4v) is 2.82. The summed E-state index contributed by atoms with van der Waals surface area (Å²) < 4.78 is 0. The van der Waals surface area contributed by atoms with Crippen LogP contribution in [0.5, 0.6) is 0 Å². The minimum absolute atomic E-state index is 0.231. The Bertz CT molecular complexity index is 684. The second-order valence-corrected chi connectivity index (χ2v) is 5.86. The predicted molar refractivity (Wildman–Crippen MR) is 80.5 cm³/mol. The van der Waals surface area contributed by atoms with Gasteiger partial charge in [0.15, 0.2) is 0 Å². The molecule has 3 aromatic rings. The molecule has 0 spiro atoms. The molecule has 1 aromatic carbocycles. The summed E-state index contributed by atoms with van der Waals surface area (Å²) in [5.74, 6) is 0.901. The Labute approximate surface area is 116 Å². The van der Waals surface area contributed by atoms with Gasteiger partial charge < -0.3 is 5.32 Å². The average Bonchev–Trinajstić information content (AvgIpc) is 2.93. The van der Waals surface area contributed by atoms with E-state index in [9.17, 15) is 0 Å². The van der Waals surface area contributed by atoms with Crippen molar-refractivity contribution in [3.8, 4) is 0 Å². The molecule has 0 unspecified atom stereocenters. The van der Waals surface area contributed by atoms with Crippen LogP contribution < -0.4 is 5.32 Å². The van der Waals surface area contributed by atoms with Crippen molar-refractivity contribution in [2.75, 3.05) is 5.32 Å². The molecule has 0 aliphatic heterocycles. The van der Waals surface area contributed by atoms with Crippen LogP contribution in [0.25, 0.3) is 10.8 Å². The van der Waals surface area contributed by atoms with Gasteiger partial charge in [-0.25, -0.2) is 9.97 Å². The zero-order valence-electron chi connectivity index (χ0n) is 10.9. The Hall–Kier alpha value is -1.94. The first kappa shape index (κ1) is 12.1. The smallest absolute Gasteiger partial charge is 0.134 e. The molecule has 0 atom stereocenters. The molecule has 0 bridgehead atoms. The van der Waals surface area contributed by atoms with Gasteiger partial charge in [-0.1, -0.05) is 24.3 Å². The maximum absolute atomic E-state index is 4.47. The van der Waals surface area contributed by atoms with Gasteiger partial charge in [0.2, 0.25) is 0 Å². The molecule has 2 aromatic heterocycles. The van der Waals surface area contributed by atoms with E-state index < -0.39 is 0 Å². The molecule has 3 nitrogen and oxygen atoms in total. The summed E-state index contributed by atoms with van der Waals surface area (Å²) in [6.07, 6.45) is 3.67. The Morgan fingerprint density at radius 2 is 1.89 bits per heavy atom. The molecule has 3 rings (SSSR count). The molecule has 19 heavy (non-hydrogen) atoms. The van der Waals surface area contributed by atoms with Gasteiger partial charge in [0.05, 0.1) is 5.54 Å². The third-order valence-electron chi connectivity index (χ3n) is 3.07. The Kier molecular flexibility index (Phi) is 2.95. The van der Waals surface area contributed by atoms with E-state index in [0.717, 1.165) is 16.2 Å². The summed E-state index contributed by atoms with van der Waals surface area (Å²) in [4.78, 5) is 8.86.